The number of hydrogen-bond acceptors (Lipinski definition) is 4. The molecule has 1 N–H and O–H groups in total. The quantitative estimate of drug-likeness (QED) is 0.507. The normalized spacial score (nSPS) is 11.1. The number of nitrogens with zero attached hydrogens (tertiary/aromatic N) is 1. The van der Waals surface area contributed by atoms with Crippen LogP contribution >= 0.6 is 27.5 Å². The average molecular weight is 408 g/mol. The number of carbonyl (C=O) groups excluding carboxylic acids is 1. The van der Waals surface area contributed by atoms with E-state index in [1.54, 1.807) is 37.4 Å². The summed E-state index contributed by atoms with van der Waals surface area (Å²) in [7, 11) is 1.59. The van der Waals surface area contributed by atoms with E-state index >= 15 is 0 Å². The zero-order chi connectivity index (χ0) is 17.1. The largest absolute Gasteiger partial charge is 0.496 e. The van der Waals surface area contributed by atoms with E-state index in [0.717, 1.165) is 21.2 Å². The maximum absolute atomic E-state index is 12.1. The van der Waals surface area contributed by atoms with Gasteiger partial charge in [0.05, 0.1) is 17.8 Å². The molecule has 1 heterocycles. The smallest absolute Gasteiger partial charge is 0.307 e. The second-order valence-corrected chi connectivity index (χ2v) is 6.18. The van der Waals surface area contributed by atoms with Gasteiger partial charge in [-0.1, -0.05) is 11.6 Å². The highest BCUT2D eigenvalue weighted by atomic mass is 79.9. The molecule has 7 heteroatoms. The molecule has 3 rings (SSSR count). The number of benzene rings is 2. The number of rotatable bonds is 4. The summed E-state index contributed by atoms with van der Waals surface area (Å²) in [6.45, 7) is 0. The van der Waals surface area contributed by atoms with E-state index in [4.69, 9.17) is 20.8 Å². The van der Waals surface area contributed by atoms with Gasteiger partial charge >= 0.3 is 5.91 Å². The van der Waals surface area contributed by atoms with Gasteiger partial charge in [0.25, 0.3) is 0 Å². The van der Waals surface area contributed by atoms with Crippen molar-refractivity contribution >= 4 is 50.6 Å². The number of carbonyl (C=O) groups is 1. The molecule has 0 atom stereocenters. The van der Waals surface area contributed by atoms with E-state index in [2.05, 4.69) is 26.5 Å². The molecule has 0 saturated carbocycles. The summed E-state index contributed by atoms with van der Waals surface area (Å²) < 4.78 is 11.4. The lowest BCUT2D eigenvalue weighted by molar-refractivity contribution is 0.0929. The van der Waals surface area contributed by atoms with Crippen molar-refractivity contribution in [2.45, 2.75) is 0 Å². The van der Waals surface area contributed by atoms with Gasteiger partial charge < -0.3 is 9.15 Å². The first-order chi connectivity index (χ1) is 11.6. The van der Waals surface area contributed by atoms with E-state index in [0.29, 0.717) is 10.6 Å². The van der Waals surface area contributed by atoms with Gasteiger partial charge in [-0.25, -0.2) is 5.43 Å². The summed E-state index contributed by atoms with van der Waals surface area (Å²) in [4.78, 5) is 12.1. The Balaban J connectivity index is 1.71. The molecule has 0 aliphatic carbocycles. The number of ether oxygens (including phenoxy) is 1. The highest BCUT2D eigenvalue weighted by Crippen LogP contribution is 2.25. The molecular weight excluding hydrogens is 396 g/mol. The Kier molecular flexibility index (Phi) is 4.87. The molecule has 3 aromatic rings. The molecule has 0 saturated heterocycles. The molecule has 24 heavy (non-hydrogen) atoms. The Bertz CT molecular complexity index is 937. The van der Waals surface area contributed by atoms with Crippen LogP contribution in [0.4, 0.5) is 0 Å². The van der Waals surface area contributed by atoms with Gasteiger partial charge in [-0.2, -0.15) is 5.10 Å². The van der Waals surface area contributed by atoms with Crippen LogP contribution in [0.15, 0.2) is 56.5 Å². The average Bonchev–Trinajstić information content (AvgIpc) is 2.98. The number of halogens is 2. The van der Waals surface area contributed by atoms with Crippen molar-refractivity contribution in [3.8, 4) is 5.75 Å². The van der Waals surface area contributed by atoms with Crippen molar-refractivity contribution in [1.82, 2.24) is 5.43 Å². The minimum absolute atomic E-state index is 0.167. The van der Waals surface area contributed by atoms with E-state index in [1.807, 2.05) is 12.1 Å². The topological polar surface area (TPSA) is 63.8 Å². The van der Waals surface area contributed by atoms with Crippen molar-refractivity contribution in [3.05, 3.63) is 63.3 Å². The number of amides is 1. The third-order valence-corrected chi connectivity index (χ3v) is 4.11. The predicted molar refractivity (Wildman–Crippen MR) is 97.0 cm³/mol. The van der Waals surface area contributed by atoms with Gasteiger partial charge in [-0.15, -0.1) is 0 Å². The van der Waals surface area contributed by atoms with Crippen LogP contribution in [0.1, 0.15) is 16.1 Å². The SMILES string of the molecule is COc1ccc(/C=N/NC(=O)c2cc3cc(Cl)ccc3o2)cc1Br. The molecule has 0 spiro atoms. The fraction of sp³-hybridized carbons (Fsp3) is 0.0588. The first-order valence-corrected chi connectivity index (χ1v) is 8.10. The molecule has 122 valence electrons. The Labute approximate surface area is 151 Å². The molecular formula is C17H12BrClN2O3. The number of hydrazone groups is 1. The molecule has 0 radical (unpaired) electrons. The summed E-state index contributed by atoms with van der Waals surface area (Å²) in [6.07, 6.45) is 1.53. The van der Waals surface area contributed by atoms with Crippen LogP contribution in [0.25, 0.3) is 11.0 Å². The third-order valence-electron chi connectivity index (χ3n) is 3.26. The number of nitrogens with one attached hydrogen (secondary N) is 1. The summed E-state index contributed by atoms with van der Waals surface area (Å²) in [5, 5.41) is 5.27. The van der Waals surface area contributed by atoms with Crippen LogP contribution in [0.3, 0.4) is 0 Å². The van der Waals surface area contributed by atoms with Gasteiger partial charge in [0.1, 0.15) is 11.3 Å². The maximum atomic E-state index is 12.1. The minimum Gasteiger partial charge on any atom is -0.496 e. The Morgan fingerprint density at radius 1 is 1.29 bits per heavy atom. The van der Waals surface area contributed by atoms with E-state index in [9.17, 15) is 4.79 Å². The van der Waals surface area contributed by atoms with Crippen molar-refractivity contribution in [3.63, 3.8) is 0 Å². The van der Waals surface area contributed by atoms with Crippen molar-refractivity contribution in [2.75, 3.05) is 7.11 Å². The zero-order valence-corrected chi connectivity index (χ0v) is 14.9. The van der Waals surface area contributed by atoms with Crippen molar-refractivity contribution in [2.24, 2.45) is 5.10 Å². The number of hydrogen-bond donors (Lipinski definition) is 1. The lowest BCUT2D eigenvalue weighted by atomic mass is 10.2. The lowest BCUT2D eigenvalue weighted by Crippen LogP contribution is -2.16. The first kappa shape index (κ1) is 16.5. The van der Waals surface area contributed by atoms with Crippen LogP contribution in [-0.2, 0) is 0 Å². The molecule has 2 aromatic carbocycles. The molecule has 0 fully saturated rings. The molecule has 1 aromatic heterocycles. The van der Waals surface area contributed by atoms with Gasteiger partial charge in [0.2, 0.25) is 0 Å². The monoisotopic (exact) mass is 406 g/mol. The second-order valence-electron chi connectivity index (χ2n) is 4.89. The number of furan rings is 1. The maximum Gasteiger partial charge on any atom is 0.307 e. The summed E-state index contributed by atoms with van der Waals surface area (Å²) in [5.74, 6) is 0.448. The van der Waals surface area contributed by atoms with Gasteiger partial charge in [-0.05, 0) is 64.0 Å². The molecule has 0 unspecified atom stereocenters. The van der Waals surface area contributed by atoms with E-state index in [-0.39, 0.29) is 5.76 Å². The molecule has 0 aliphatic rings. The molecule has 0 bridgehead atoms. The van der Waals surface area contributed by atoms with Crippen LogP contribution in [-0.4, -0.2) is 19.2 Å². The van der Waals surface area contributed by atoms with Crippen LogP contribution in [0, 0.1) is 0 Å². The van der Waals surface area contributed by atoms with Gasteiger partial charge in [0.15, 0.2) is 5.76 Å². The number of fused-ring (bicyclic) bond motifs is 1. The van der Waals surface area contributed by atoms with Crippen LogP contribution in [0.2, 0.25) is 5.02 Å². The molecule has 5 nitrogen and oxygen atoms in total. The minimum atomic E-state index is -0.439. The van der Waals surface area contributed by atoms with E-state index < -0.39 is 5.91 Å². The summed E-state index contributed by atoms with van der Waals surface area (Å²) >= 11 is 9.31. The third kappa shape index (κ3) is 3.60. The van der Waals surface area contributed by atoms with Gasteiger partial charge in [-0.3, -0.25) is 4.79 Å². The lowest BCUT2D eigenvalue weighted by Gasteiger charge is -2.03. The van der Waals surface area contributed by atoms with Gasteiger partial charge in [0, 0.05) is 10.4 Å². The summed E-state index contributed by atoms with van der Waals surface area (Å²) in [5.41, 5.74) is 3.82. The Morgan fingerprint density at radius 2 is 2.12 bits per heavy atom. The molecule has 0 aliphatic heterocycles. The Morgan fingerprint density at radius 3 is 2.88 bits per heavy atom. The highest BCUT2D eigenvalue weighted by molar-refractivity contribution is 9.10. The predicted octanol–water partition coefficient (Wildman–Crippen LogP) is 4.62. The molecule has 1 amide bonds. The standard InChI is InChI=1S/C17H12BrClN2O3/c1-23-15-4-2-10(6-13(15)18)9-20-21-17(22)16-8-11-7-12(19)3-5-14(11)24-16/h2-9H,1H3,(H,21,22)/b20-9+. The number of methoxy groups -OCH3 is 1. The van der Waals surface area contributed by atoms with Crippen LogP contribution in [0.5, 0.6) is 5.75 Å². The Hall–Kier alpha value is -2.31. The zero-order valence-electron chi connectivity index (χ0n) is 12.5. The highest BCUT2D eigenvalue weighted by Gasteiger charge is 2.11. The fourth-order valence-corrected chi connectivity index (χ4v) is 2.85. The fourth-order valence-electron chi connectivity index (χ4n) is 2.11. The van der Waals surface area contributed by atoms with E-state index in [1.165, 1.54) is 6.21 Å². The van der Waals surface area contributed by atoms with Crippen LogP contribution < -0.4 is 10.2 Å². The second kappa shape index (κ2) is 7.07. The van der Waals surface area contributed by atoms with Crippen molar-refractivity contribution < 1.29 is 13.9 Å². The first-order valence-electron chi connectivity index (χ1n) is 6.93. The van der Waals surface area contributed by atoms with Crippen molar-refractivity contribution in [1.29, 1.82) is 0 Å². The summed E-state index contributed by atoms with van der Waals surface area (Å²) in [6, 6.07) is 12.2.